The molecule has 0 spiro atoms. The first kappa shape index (κ1) is 33.8. The summed E-state index contributed by atoms with van der Waals surface area (Å²) in [7, 11) is -4.80. The monoisotopic (exact) mass is 686 g/mol. The topological polar surface area (TPSA) is 143 Å². The van der Waals surface area contributed by atoms with E-state index in [9.17, 15) is 45.2 Å². The van der Waals surface area contributed by atoms with Gasteiger partial charge >= 0.3 is 6.18 Å². The van der Waals surface area contributed by atoms with Crippen molar-refractivity contribution in [1.82, 2.24) is 20.5 Å². The van der Waals surface area contributed by atoms with E-state index in [-0.39, 0.29) is 36.0 Å². The zero-order valence-electron chi connectivity index (χ0n) is 24.6. The van der Waals surface area contributed by atoms with Crippen LogP contribution in [0.3, 0.4) is 0 Å². The SMILES string of the molecule is CCCC(NC(=O)C1CC(S(=O)(=O)c2ccccc2C(F)(F)F)CN1C(=O)C1(c2ncc(Cl)cc2F)CC1)C(=O)C(=O)NC1CC1. The van der Waals surface area contributed by atoms with Crippen LogP contribution in [0.4, 0.5) is 17.6 Å². The number of hydrogen-bond acceptors (Lipinski definition) is 7. The van der Waals surface area contributed by atoms with Gasteiger partial charge in [0, 0.05) is 18.8 Å². The first-order chi connectivity index (χ1) is 21.6. The van der Waals surface area contributed by atoms with Gasteiger partial charge in [0.05, 0.1) is 37.9 Å². The van der Waals surface area contributed by atoms with E-state index in [0.29, 0.717) is 25.3 Å². The second kappa shape index (κ2) is 12.5. The molecule has 5 rings (SSSR count). The molecule has 2 N–H and O–H groups in total. The van der Waals surface area contributed by atoms with Gasteiger partial charge in [-0.1, -0.05) is 37.1 Å². The van der Waals surface area contributed by atoms with Gasteiger partial charge in [0.15, 0.2) is 9.84 Å². The highest BCUT2D eigenvalue weighted by atomic mass is 35.5. The van der Waals surface area contributed by atoms with E-state index in [0.717, 1.165) is 35.4 Å². The van der Waals surface area contributed by atoms with Crippen molar-refractivity contribution in [2.45, 2.75) is 91.7 Å². The molecule has 46 heavy (non-hydrogen) atoms. The summed E-state index contributed by atoms with van der Waals surface area (Å²) in [5.41, 5.74) is -3.22. The molecule has 0 radical (unpaired) electrons. The van der Waals surface area contributed by atoms with Crippen LogP contribution in [0, 0.1) is 5.82 Å². The maximum absolute atomic E-state index is 15.0. The number of aromatic nitrogens is 1. The lowest BCUT2D eigenvalue weighted by molar-refractivity contribution is -0.143. The third-order valence-electron chi connectivity index (χ3n) is 8.53. The lowest BCUT2D eigenvalue weighted by Crippen LogP contribution is -2.54. The number of Topliss-reactive ketones (excluding diaryl/α,β-unsaturated/α-hetero) is 1. The van der Waals surface area contributed by atoms with Gasteiger partial charge in [-0.05, 0) is 56.7 Å². The van der Waals surface area contributed by atoms with Gasteiger partial charge in [-0.3, -0.25) is 24.2 Å². The van der Waals surface area contributed by atoms with Crippen molar-refractivity contribution >= 4 is 44.9 Å². The molecule has 1 aromatic heterocycles. The molecule has 3 unspecified atom stereocenters. The van der Waals surface area contributed by atoms with Crippen molar-refractivity contribution in [1.29, 1.82) is 0 Å². The molecule has 1 aromatic carbocycles. The van der Waals surface area contributed by atoms with Crippen LogP contribution in [-0.2, 0) is 40.6 Å². The normalized spacial score (nSPS) is 21.4. The molecule has 2 heterocycles. The average Bonchev–Trinajstić information content (AvgIpc) is 3.93. The first-order valence-electron chi connectivity index (χ1n) is 14.8. The second-order valence-corrected chi connectivity index (χ2v) is 14.5. The lowest BCUT2D eigenvalue weighted by Gasteiger charge is -2.29. The molecule has 16 heteroatoms. The molecule has 1 aliphatic heterocycles. The molecule has 3 atom stereocenters. The van der Waals surface area contributed by atoms with E-state index in [1.807, 2.05) is 0 Å². The van der Waals surface area contributed by atoms with E-state index in [2.05, 4.69) is 15.6 Å². The predicted molar refractivity (Wildman–Crippen MR) is 156 cm³/mol. The van der Waals surface area contributed by atoms with Gasteiger partial charge < -0.3 is 15.5 Å². The summed E-state index contributed by atoms with van der Waals surface area (Å²) in [4.78, 5) is 57.2. The Morgan fingerprint density at radius 3 is 2.41 bits per heavy atom. The predicted octanol–water partition coefficient (Wildman–Crippen LogP) is 3.50. The molecule has 2 saturated carbocycles. The smallest absolute Gasteiger partial charge is 0.347 e. The number of pyridine rings is 1. The minimum atomic E-state index is -5.01. The summed E-state index contributed by atoms with van der Waals surface area (Å²) in [6, 6.07) is 1.54. The molecule has 3 aliphatic rings. The standard InChI is InChI=1S/C30H31ClF4N4O6S/c1-2-5-21(24(40)27(42)37-17-8-9-17)38-26(41)22-13-18(46(44,45)23-7-4-3-6-19(23)30(33,34)35)15-39(22)28(43)29(10-11-29)25-20(32)12-16(31)14-36-25/h3-4,6-7,12,14,17-18,21-22H,2,5,8-11,13,15H2,1H3,(H,37,42)(H,38,41). The molecule has 10 nitrogen and oxygen atoms in total. The highest BCUT2D eigenvalue weighted by Crippen LogP contribution is 2.51. The van der Waals surface area contributed by atoms with Gasteiger partial charge in [0.25, 0.3) is 5.91 Å². The Balaban J connectivity index is 1.49. The Labute approximate surface area is 267 Å². The maximum Gasteiger partial charge on any atom is 0.417 e. The van der Waals surface area contributed by atoms with Crippen molar-refractivity contribution in [2.24, 2.45) is 0 Å². The number of nitrogens with zero attached hydrogens (tertiary/aromatic N) is 2. The summed E-state index contributed by atoms with van der Waals surface area (Å²) < 4.78 is 83.9. The number of hydrogen-bond donors (Lipinski definition) is 2. The minimum absolute atomic E-state index is 0.0326. The van der Waals surface area contributed by atoms with Crippen molar-refractivity contribution < 1.29 is 45.2 Å². The summed E-state index contributed by atoms with van der Waals surface area (Å²) in [5.74, 6) is -4.52. The highest BCUT2D eigenvalue weighted by Gasteiger charge is 2.59. The number of amides is 3. The van der Waals surface area contributed by atoms with E-state index in [1.54, 1.807) is 6.92 Å². The molecule has 0 bridgehead atoms. The zero-order valence-corrected chi connectivity index (χ0v) is 26.1. The molecule has 2 aromatic rings. The van der Waals surface area contributed by atoms with Crippen molar-refractivity contribution in [3.63, 3.8) is 0 Å². The van der Waals surface area contributed by atoms with E-state index in [4.69, 9.17) is 11.6 Å². The second-order valence-electron chi connectivity index (χ2n) is 11.9. The van der Waals surface area contributed by atoms with Crippen LogP contribution in [0.2, 0.25) is 5.02 Å². The first-order valence-corrected chi connectivity index (χ1v) is 16.7. The summed E-state index contributed by atoms with van der Waals surface area (Å²) in [6.45, 7) is 1.03. The summed E-state index contributed by atoms with van der Waals surface area (Å²) in [6.07, 6.45) is -2.44. The zero-order chi connectivity index (χ0) is 33.6. The summed E-state index contributed by atoms with van der Waals surface area (Å²) in [5, 5.41) is 3.33. The minimum Gasteiger partial charge on any atom is -0.347 e. The van der Waals surface area contributed by atoms with Crippen LogP contribution >= 0.6 is 11.6 Å². The Hall–Kier alpha value is -3.59. The molecular weight excluding hydrogens is 656 g/mol. The third kappa shape index (κ3) is 6.61. The molecule has 3 amide bonds. The number of rotatable bonds is 11. The highest BCUT2D eigenvalue weighted by molar-refractivity contribution is 7.92. The van der Waals surface area contributed by atoms with Crippen LogP contribution in [0.5, 0.6) is 0 Å². The summed E-state index contributed by atoms with van der Waals surface area (Å²) >= 11 is 5.83. The number of halogens is 5. The number of carbonyl (C=O) groups is 4. The largest absolute Gasteiger partial charge is 0.417 e. The number of carbonyl (C=O) groups excluding carboxylic acids is 4. The van der Waals surface area contributed by atoms with Gasteiger partial charge in [-0.25, -0.2) is 12.8 Å². The van der Waals surface area contributed by atoms with Crippen LogP contribution in [0.15, 0.2) is 41.4 Å². The number of sulfone groups is 1. The van der Waals surface area contributed by atoms with Crippen molar-refractivity contribution in [3.05, 3.63) is 58.6 Å². The van der Waals surface area contributed by atoms with E-state index in [1.165, 1.54) is 0 Å². The number of benzene rings is 1. The molecular formula is C30H31ClF4N4O6S. The molecule has 248 valence electrons. The quantitative estimate of drug-likeness (QED) is 0.272. The third-order valence-corrected chi connectivity index (χ3v) is 10.9. The number of likely N-dealkylation sites (tertiary alicyclic amines) is 1. The number of ketones is 1. The van der Waals surface area contributed by atoms with E-state index < -0.39 is 91.5 Å². The Kier molecular flexibility index (Phi) is 9.21. The Morgan fingerprint density at radius 2 is 1.83 bits per heavy atom. The van der Waals surface area contributed by atoms with Crippen LogP contribution in [-0.4, -0.2) is 71.7 Å². The van der Waals surface area contributed by atoms with Gasteiger partial charge in [0.1, 0.15) is 11.9 Å². The fourth-order valence-electron chi connectivity index (χ4n) is 5.81. The van der Waals surface area contributed by atoms with Gasteiger partial charge in [-0.15, -0.1) is 0 Å². The van der Waals surface area contributed by atoms with Crippen molar-refractivity contribution in [3.8, 4) is 0 Å². The lowest BCUT2D eigenvalue weighted by atomic mass is 9.98. The van der Waals surface area contributed by atoms with Crippen LogP contribution in [0.1, 0.15) is 63.1 Å². The fourth-order valence-corrected chi connectivity index (χ4v) is 7.86. The van der Waals surface area contributed by atoms with E-state index >= 15 is 0 Å². The van der Waals surface area contributed by atoms with Crippen LogP contribution < -0.4 is 10.6 Å². The Morgan fingerprint density at radius 1 is 1.15 bits per heavy atom. The molecule has 1 saturated heterocycles. The molecule has 2 aliphatic carbocycles. The number of alkyl halides is 3. The Bertz CT molecular complexity index is 1680. The van der Waals surface area contributed by atoms with Gasteiger partial charge in [0.2, 0.25) is 17.6 Å². The average molecular weight is 687 g/mol. The van der Waals surface area contributed by atoms with Crippen molar-refractivity contribution in [2.75, 3.05) is 6.54 Å². The number of nitrogens with one attached hydrogen (secondary N) is 2. The van der Waals surface area contributed by atoms with Crippen LogP contribution in [0.25, 0.3) is 0 Å². The molecule has 3 fully saturated rings. The van der Waals surface area contributed by atoms with Gasteiger partial charge in [-0.2, -0.15) is 13.2 Å². The fraction of sp³-hybridized carbons (Fsp3) is 0.500. The maximum atomic E-state index is 15.0.